The number of hydrogen-bond donors (Lipinski definition) is 0. The number of fused-ring (bicyclic) bond motifs is 4. The molecule has 294 valence electrons. The summed E-state index contributed by atoms with van der Waals surface area (Å²) < 4.78 is 72.9. The van der Waals surface area contributed by atoms with Gasteiger partial charge in [-0.15, -0.1) is 0 Å². The number of rotatable bonds is 12. The Morgan fingerprint density at radius 3 is 2.43 bits per heavy atom. The summed E-state index contributed by atoms with van der Waals surface area (Å²) in [5.41, 5.74) is 0.652. The first-order valence-corrected chi connectivity index (χ1v) is 19.6. The molecule has 0 radical (unpaired) electrons. The minimum Gasteiger partial charge on any atom is -0.468 e. The lowest BCUT2D eigenvalue weighted by atomic mass is 9.89. The lowest BCUT2D eigenvalue weighted by Gasteiger charge is -2.49. The largest absolute Gasteiger partial charge is 0.468 e. The van der Waals surface area contributed by atoms with Gasteiger partial charge in [0.25, 0.3) is 0 Å². The Morgan fingerprint density at radius 2 is 1.68 bits per heavy atom. The number of piperazine rings is 1. The van der Waals surface area contributed by atoms with E-state index in [1.807, 2.05) is 53.4 Å². The summed E-state index contributed by atoms with van der Waals surface area (Å²) in [5.74, 6) is -0.836. The Balaban J connectivity index is 1.13. The van der Waals surface area contributed by atoms with Crippen molar-refractivity contribution < 1.29 is 32.1 Å². The van der Waals surface area contributed by atoms with E-state index in [2.05, 4.69) is 40.8 Å². The monoisotopic (exact) mass is 767 g/mol. The van der Waals surface area contributed by atoms with E-state index in [0.29, 0.717) is 55.3 Å². The molecular weight excluding hydrogens is 720 g/mol. The van der Waals surface area contributed by atoms with Gasteiger partial charge in [0.05, 0.1) is 31.4 Å². The van der Waals surface area contributed by atoms with Gasteiger partial charge < -0.3 is 23.8 Å². The molecule has 5 aromatic rings. The zero-order valence-electron chi connectivity index (χ0n) is 32.1. The molecule has 2 bridgehead atoms. The van der Waals surface area contributed by atoms with E-state index in [-0.39, 0.29) is 47.3 Å². The highest BCUT2D eigenvalue weighted by atomic mass is 19.1. The number of alkyl halides is 1. The molecule has 56 heavy (non-hydrogen) atoms. The van der Waals surface area contributed by atoms with Crippen molar-refractivity contribution in [2.75, 3.05) is 71.3 Å². The molecule has 1 aromatic heterocycles. The van der Waals surface area contributed by atoms with Gasteiger partial charge in [-0.2, -0.15) is 9.97 Å². The van der Waals surface area contributed by atoms with Crippen LogP contribution in [0.5, 0.6) is 11.8 Å². The van der Waals surface area contributed by atoms with Crippen LogP contribution in [0, 0.1) is 17.0 Å². The number of aromatic nitrogens is 2. The first-order valence-electron chi connectivity index (χ1n) is 19.6. The van der Waals surface area contributed by atoms with E-state index in [1.54, 1.807) is 6.07 Å². The molecule has 12 heteroatoms. The van der Waals surface area contributed by atoms with E-state index in [0.717, 1.165) is 43.4 Å². The van der Waals surface area contributed by atoms with Gasteiger partial charge in [0.15, 0.2) is 12.6 Å². The second-order valence-corrected chi connectivity index (χ2v) is 16.4. The minimum absolute atomic E-state index is 0.0236. The van der Waals surface area contributed by atoms with Crippen LogP contribution in [0.2, 0.25) is 0 Å². The minimum atomic E-state index is -1.08. The number of anilines is 1. The van der Waals surface area contributed by atoms with Crippen LogP contribution in [-0.4, -0.2) is 104 Å². The van der Waals surface area contributed by atoms with Gasteiger partial charge in [-0.25, -0.2) is 13.2 Å². The van der Waals surface area contributed by atoms with Crippen molar-refractivity contribution in [3.8, 4) is 22.9 Å². The van der Waals surface area contributed by atoms with Crippen LogP contribution in [-0.2, 0) is 15.0 Å². The normalized spacial score (nSPS) is 22.5. The zero-order valence-corrected chi connectivity index (χ0v) is 32.1. The highest BCUT2D eigenvalue weighted by molar-refractivity contribution is 6.01. The first kappa shape index (κ1) is 37.1. The molecule has 0 spiro atoms. The highest BCUT2D eigenvalue weighted by Gasteiger charge is 2.53. The quantitative estimate of drug-likeness (QED) is 0.119. The van der Waals surface area contributed by atoms with Crippen LogP contribution >= 0.6 is 0 Å². The van der Waals surface area contributed by atoms with E-state index < -0.39 is 29.4 Å². The number of hydrogen-bond acceptors (Lipinski definition) is 9. The smallest absolute Gasteiger partial charge is 0.319 e. The maximum atomic E-state index is 17.3. The van der Waals surface area contributed by atoms with Crippen molar-refractivity contribution in [3.63, 3.8) is 0 Å². The van der Waals surface area contributed by atoms with Crippen molar-refractivity contribution >= 4 is 27.5 Å². The number of nitrogens with zero attached hydrogens (tertiary/aromatic N) is 5. The molecule has 3 unspecified atom stereocenters. The molecule has 3 saturated heterocycles. The Kier molecular flexibility index (Phi) is 9.80. The molecule has 4 aromatic carbocycles. The Morgan fingerprint density at radius 1 is 0.911 bits per heavy atom. The van der Waals surface area contributed by atoms with Gasteiger partial charge in [-0.3, -0.25) is 9.80 Å². The molecule has 4 heterocycles. The van der Waals surface area contributed by atoms with E-state index in [9.17, 15) is 0 Å². The average Bonchev–Trinajstić information content (AvgIpc) is 3.94. The second-order valence-electron chi connectivity index (χ2n) is 16.4. The second kappa shape index (κ2) is 14.8. The van der Waals surface area contributed by atoms with Crippen molar-refractivity contribution in [2.45, 2.75) is 56.9 Å². The van der Waals surface area contributed by atoms with Gasteiger partial charge in [-0.05, 0) is 73.2 Å². The third-order valence-corrected chi connectivity index (χ3v) is 12.3. The molecule has 9 rings (SSSR count). The number of halogens is 3. The summed E-state index contributed by atoms with van der Waals surface area (Å²) in [7, 11) is 1.51. The fraction of sp³-hybridized carbons (Fsp3) is 0.455. The number of ether oxygens (including phenoxy) is 4. The van der Waals surface area contributed by atoms with Crippen LogP contribution < -0.4 is 14.4 Å². The molecule has 4 fully saturated rings. The van der Waals surface area contributed by atoms with Crippen molar-refractivity contribution in [1.82, 2.24) is 19.8 Å². The van der Waals surface area contributed by atoms with Crippen LogP contribution in [0.1, 0.15) is 38.7 Å². The number of benzene rings is 4. The van der Waals surface area contributed by atoms with Crippen LogP contribution in [0.3, 0.4) is 0 Å². The lowest BCUT2D eigenvalue weighted by molar-refractivity contribution is 0.0231. The standard InChI is InChI=1S/C44H48F3N5O4/c1-43(2,29-10-5-4-6-11-29)52-30-20-35(45)37(52)24-51(23-30)41-34-22-36(46)38(33-21-31(56-27-53-3)19-28-9-7-8-12-32(28)33)39(47)40(34)48-42(49-41)55-26-44(13-14-44)25-50-15-17-54-18-16-50/h4-12,19,21-22,30,35,37H,13-18,20,23-27H2,1-3H3. The third kappa shape index (κ3) is 6.84. The van der Waals surface area contributed by atoms with Crippen LogP contribution in [0.15, 0.2) is 72.8 Å². The van der Waals surface area contributed by atoms with Gasteiger partial charge in [0.2, 0.25) is 0 Å². The highest BCUT2D eigenvalue weighted by Crippen LogP contribution is 2.48. The topological polar surface area (TPSA) is 72.4 Å². The predicted molar refractivity (Wildman–Crippen MR) is 210 cm³/mol. The van der Waals surface area contributed by atoms with Crippen LogP contribution in [0.4, 0.5) is 19.0 Å². The molecule has 9 nitrogen and oxygen atoms in total. The molecule has 3 atom stereocenters. The maximum Gasteiger partial charge on any atom is 0.319 e. The maximum absolute atomic E-state index is 17.3. The molecule has 0 N–H and O–H groups in total. The summed E-state index contributed by atoms with van der Waals surface area (Å²) in [5, 5.41) is 1.62. The number of morpholine rings is 1. The van der Waals surface area contributed by atoms with E-state index in [1.165, 1.54) is 13.2 Å². The van der Waals surface area contributed by atoms with Crippen LogP contribution in [0.25, 0.3) is 32.8 Å². The summed E-state index contributed by atoms with van der Waals surface area (Å²) >= 11 is 0. The molecular formula is C44H48F3N5O4. The summed E-state index contributed by atoms with van der Waals surface area (Å²) in [6.07, 6.45) is 1.29. The molecule has 4 aliphatic rings. The van der Waals surface area contributed by atoms with Gasteiger partial charge in [0.1, 0.15) is 29.1 Å². The number of methoxy groups -OCH3 is 1. The van der Waals surface area contributed by atoms with Gasteiger partial charge in [-0.1, -0.05) is 54.6 Å². The van der Waals surface area contributed by atoms with Gasteiger partial charge >= 0.3 is 6.01 Å². The summed E-state index contributed by atoms with van der Waals surface area (Å²) in [6.45, 7) is 9.35. The zero-order chi connectivity index (χ0) is 38.6. The summed E-state index contributed by atoms with van der Waals surface area (Å²) in [4.78, 5) is 16.3. The van der Waals surface area contributed by atoms with E-state index >= 15 is 13.2 Å². The van der Waals surface area contributed by atoms with E-state index in [4.69, 9.17) is 23.9 Å². The Hall–Kier alpha value is -4.49. The van der Waals surface area contributed by atoms with Gasteiger partial charge in [0, 0.05) is 62.2 Å². The fourth-order valence-corrected chi connectivity index (χ4v) is 9.32. The molecule has 1 aliphatic carbocycles. The fourth-order valence-electron chi connectivity index (χ4n) is 9.32. The molecule has 0 amide bonds. The lowest BCUT2D eigenvalue weighted by Crippen LogP contribution is -2.60. The first-order chi connectivity index (χ1) is 27.1. The predicted octanol–water partition coefficient (Wildman–Crippen LogP) is 7.74. The summed E-state index contributed by atoms with van der Waals surface area (Å²) in [6, 6.07) is 21.7. The SMILES string of the molecule is COCOc1cc(-c2c(F)cc3c(N4CC5CC(F)C(C4)N5C(C)(C)c4ccccc4)nc(OCC4(CN5CCOCC5)CC4)nc3c2F)c2ccccc2c1. The van der Waals surface area contributed by atoms with Crippen molar-refractivity contribution in [2.24, 2.45) is 5.41 Å². The Labute approximate surface area is 325 Å². The van der Waals surface area contributed by atoms with Crippen molar-refractivity contribution in [1.29, 1.82) is 0 Å². The average molecular weight is 768 g/mol. The molecule has 1 saturated carbocycles. The third-order valence-electron chi connectivity index (χ3n) is 12.3. The molecule has 3 aliphatic heterocycles. The Bertz CT molecular complexity index is 2230. The van der Waals surface area contributed by atoms with Crippen molar-refractivity contribution in [3.05, 3.63) is 90.0 Å².